The standard InChI is InChI=1S/C28H34O12/c1-18(2)21-6-10-23(11-7-21)25(29)35-39-37-27(31)33-16-14-20(5)15-17-34-28(32)38-40-36-26(30)24-12-8-22(9-13-24)19(3)4/h6-13,18-20H,14-17H2,1-5H3. The van der Waals surface area contributed by atoms with Gasteiger partial charge < -0.3 is 9.47 Å². The van der Waals surface area contributed by atoms with Gasteiger partial charge in [0.05, 0.1) is 34.4 Å². The zero-order valence-corrected chi connectivity index (χ0v) is 23.1. The van der Waals surface area contributed by atoms with E-state index >= 15 is 0 Å². The summed E-state index contributed by atoms with van der Waals surface area (Å²) >= 11 is 0. The Bertz CT molecular complexity index is 1010. The van der Waals surface area contributed by atoms with E-state index in [0.29, 0.717) is 24.7 Å². The molecule has 0 heterocycles. The first kappa shape index (κ1) is 32.1. The predicted octanol–water partition coefficient (Wildman–Crippen LogP) is 6.36. The highest BCUT2D eigenvalue weighted by Gasteiger charge is 2.15. The molecule has 0 saturated carbocycles. The number of carbonyl (C=O) groups excluding carboxylic acids is 4. The summed E-state index contributed by atoms with van der Waals surface area (Å²) in [5, 5.41) is 8.37. The molecular formula is C28H34O12. The molecule has 2 aromatic rings. The smallest absolute Gasteiger partial charge is 0.432 e. The van der Waals surface area contributed by atoms with Gasteiger partial charge in [0.1, 0.15) is 0 Å². The van der Waals surface area contributed by atoms with Gasteiger partial charge in [-0.15, -0.1) is 0 Å². The first-order chi connectivity index (χ1) is 19.1. The minimum Gasteiger partial charge on any atom is -0.432 e. The van der Waals surface area contributed by atoms with Crippen LogP contribution in [0.15, 0.2) is 48.5 Å². The lowest BCUT2D eigenvalue weighted by atomic mass is 10.0. The van der Waals surface area contributed by atoms with E-state index in [1.165, 1.54) is 0 Å². The average molecular weight is 563 g/mol. The summed E-state index contributed by atoms with van der Waals surface area (Å²) in [6.07, 6.45) is -1.59. The predicted molar refractivity (Wildman–Crippen MR) is 137 cm³/mol. The minimum atomic E-state index is -1.20. The Balaban J connectivity index is 1.50. The van der Waals surface area contributed by atoms with Crippen LogP contribution in [0.3, 0.4) is 0 Å². The Morgan fingerprint density at radius 1 is 0.550 bits per heavy atom. The van der Waals surface area contributed by atoms with Crippen LogP contribution < -0.4 is 0 Å². The van der Waals surface area contributed by atoms with E-state index in [9.17, 15) is 19.2 Å². The summed E-state index contributed by atoms with van der Waals surface area (Å²) in [7, 11) is 0. The van der Waals surface area contributed by atoms with Crippen LogP contribution in [0.5, 0.6) is 0 Å². The topological polar surface area (TPSA) is 142 Å². The van der Waals surface area contributed by atoms with Crippen molar-refractivity contribution >= 4 is 24.2 Å². The van der Waals surface area contributed by atoms with Crippen molar-refractivity contribution in [3.63, 3.8) is 0 Å². The summed E-state index contributed by atoms with van der Waals surface area (Å²) in [5.74, 6) is -1.09. The minimum absolute atomic E-state index is 0.0271. The third-order valence-corrected chi connectivity index (χ3v) is 5.71. The molecule has 0 aliphatic carbocycles. The van der Waals surface area contributed by atoms with Crippen LogP contribution in [0.4, 0.5) is 9.59 Å². The first-order valence-electron chi connectivity index (χ1n) is 12.7. The van der Waals surface area contributed by atoms with Gasteiger partial charge in [0.2, 0.25) is 0 Å². The molecular weight excluding hydrogens is 528 g/mol. The quantitative estimate of drug-likeness (QED) is 0.143. The second-order valence-corrected chi connectivity index (χ2v) is 9.48. The summed E-state index contributed by atoms with van der Waals surface area (Å²) in [5.41, 5.74) is 2.55. The lowest BCUT2D eigenvalue weighted by molar-refractivity contribution is -0.452. The molecule has 0 aliphatic heterocycles. The monoisotopic (exact) mass is 562 g/mol. The lowest BCUT2D eigenvalue weighted by Gasteiger charge is -2.11. The fourth-order valence-electron chi connectivity index (χ4n) is 3.14. The first-order valence-corrected chi connectivity index (χ1v) is 12.7. The van der Waals surface area contributed by atoms with Gasteiger partial charge in [-0.25, -0.2) is 29.0 Å². The molecule has 0 aliphatic rings. The number of benzene rings is 2. The van der Waals surface area contributed by atoms with Gasteiger partial charge in [-0.05, 0) is 66.0 Å². The molecule has 2 rings (SSSR count). The maximum absolute atomic E-state index is 11.9. The number of carbonyl (C=O) groups is 4. The third-order valence-electron chi connectivity index (χ3n) is 5.71. The van der Waals surface area contributed by atoms with Crippen LogP contribution in [-0.4, -0.2) is 37.5 Å². The molecule has 0 N–H and O–H groups in total. The molecule has 2 aromatic carbocycles. The molecule has 0 unspecified atom stereocenters. The Morgan fingerprint density at radius 2 is 0.900 bits per heavy atom. The maximum atomic E-state index is 11.9. The maximum Gasteiger partial charge on any atom is 0.543 e. The zero-order valence-electron chi connectivity index (χ0n) is 23.1. The molecule has 0 bridgehead atoms. The molecule has 0 fully saturated rings. The van der Waals surface area contributed by atoms with E-state index < -0.39 is 24.2 Å². The van der Waals surface area contributed by atoms with Crippen molar-refractivity contribution in [2.24, 2.45) is 5.92 Å². The number of hydrogen-bond donors (Lipinski definition) is 0. The number of ether oxygens (including phenoxy) is 2. The van der Waals surface area contributed by atoms with Crippen LogP contribution in [0.25, 0.3) is 0 Å². The number of rotatable bonds is 14. The van der Waals surface area contributed by atoms with E-state index in [4.69, 9.17) is 9.47 Å². The van der Waals surface area contributed by atoms with Crippen LogP contribution in [-0.2, 0) is 39.1 Å². The third kappa shape index (κ3) is 11.7. The van der Waals surface area contributed by atoms with Crippen molar-refractivity contribution in [3.05, 3.63) is 70.8 Å². The molecule has 40 heavy (non-hydrogen) atoms. The highest BCUT2D eigenvalue weighted by molar-refractivity contribution is 5.89. The highest BCUT2D eigenvalue weighted by Crippen LogP contribution is 2.16. The van der Waals surface area contributed by atoms with Crippen LogP contribution in [0.1, 0.15) is 91.1 Å². The Labute approximate surface area is 232 Å². The molecule has 0 spiro atoms. The van der Waals surface area contributed by atoms with Crippen molar-refractivity contribution in [2.75, 3.05) is 13.2 Å². The average Bonchev–Trinajstić information content (AvgIpc) is 2.93. The van der Waals surface area contributed by atoms with Gasteiger partial charge in [-0.2, -0.15) is 0 Å². The van der Waals surface area contributed by atoms with Crippen molar-refractivity contribution in [3.8, 4) is 0 Å². The van der Waals surface area contributed by atoms with E-state index in [0.717, 1.165) is 11.1 Å². The van der Waals surface area contributed by atoms with Crippen LogP contribution in [0, 0.1) is 5.92 Å². The Kier molecular flexibility index (Phi) is 13.4. The Morgan fingerprint density at radius 3 is 1.23 bits per heavy atom. The molecule has 218 valence electrons. The van der Waals surface area contributed by atoms with Gasteiger partial charge in [-0.3, -0.25) is 9.78 Å². The normalized spacial score (nSPS) is 10.8. The number of hydrogen-bond acceptors (Lipinski definition) is 12. The second kappa shape index (κ2) is 16.7. The molecule has 12 heteroatoms. The van der Waals surface area contributed by atoms with Crippen molar-refractivity contribution < 1.29 is 58.3 Å². The van der Waals surface area contributed by atoms with E-state index in [1.54, 1.807) is 48.5 Å². The van der Waals surface area contributed by atoms with Gasteiger partial charge in [-0.1, -0.05) is 58.9 Å². The summed E-state index contributed by atoms with van der Waals surface area (Å²) in [6, 6.07) is 13.4. The molecule has 12 nitrogen and oxygen atoms in total. The van der Waals surface area contributed by atoms with E-state index in [1.807, 2.05) is 34.6 Å². The lowest BCUT2D eigenvalue weighted by Crippen LogP contribution is -2.15. The largest absolute Gasteiger partial charge is 0.543 e. The van der Waals surface area contributed by atoms with Gasteiger partial charge in [0, 0.05) is 0 Å². The van der Waals surface area contributed by atoms with Crippen molar-refractivity contribution in [1.29, 1.82) is 0 Å². The van der Waals surface area contributed by atoms with Crippen LogP contribution in [0.2, 0.25) is 0 Å². The molecule has 0 amide bonds. The molecule has 0 atom stereocenters. The fraction of sp³-hybridized carbons (Fsp3) is 0.429. The molecule has 0 saturated heterocycles. The van der Waals surface area contributed by atoms with Gasteiger partial charge >= 0.3 is 24.2 Å². The molecule has 0 aromatic heterocycles. The zero-order chi connectivity index (χ0) is 29.5. The summed E-state index contributed by atoms with van der Waals surface area (Å²) < 4.78 is 9.64. The van der Waals surface area contributed by atoms with Gasteiger partial charge in [0.25, 0.3) is 0 Å². The van der Waals surface area contributed by atoms with Crippen LogP contribution >= 0.6 is 0 Å². The fourth-order valence-corrected chi connectivity index (χ4v) is 3.14. The molecule has 0 radical (unpaired) electrons. The summed E-state index contributed by atoms with van der Waals surface area (Å²) in [4.78, 5) is 64.2. The van der Waals surface area contributed by atoms with E-state index in [-0.39, 0.29) is 30.3 Å². The second-order valence-electron chi connectivity index (χ2n) is 9.48. The highest BCUT2D eigenvalue weighted by atomic mass is 17.5. The van der Waals surface area contributed by atoms with Gasteiger partial charge in [0.15, 0.2) is 0 Å². The summed E-state index contributed by atoms with van der Waals surface area (Å²) in [6.45, 7) is 9.85. The SMILES string of the molecule is CC(CCOC(=O)OOOC(=O)c1ccc(C(C)C)cc1)CCOC(=O)OOOC(=O)c1ccc(C(C)C)cc1. The Hall–Kier alpha value is -4.16. The van der Waals surface area contributed by atoms with Crippen molar-refractivity contribution in [1.82, 2.24) is 0 Å². The van der Waals surface area contributed by atoms with E-state index in [2.05, 4.69) is 29.6 Å². The van der Waals surface area contributed by atoms with Crippen molar-refractivity contribution in [2.45, 2.75) is 59.3 Å².